The normalized spacial score (nSPS) is 13.7. The Morgan fingerprint density at radius 3 is 0.573 bits per heavy atom. The van der Waals surface area contributed by atoms with E-state index < -0.39 is 97.5 Å². The van der Waals surface area contributed by atoms with Crippen LogP contribution in [0.4, 0.5) is 0 Å². The quantitative estimate of drug-likeness (QED) is 0.0222. The molecule has 0 aliphatic carbocycles. The molecule has 0 amide bonds. The van der Waals surface area contributed by atoms with Crippen LogP contribution in [0, 0.1) is 0 Å². The third-order valence-electron chi connectivity index (χ3n) is 19.9. The van der Waals surface area contributed by atoms with Crippen LogP contribution in [-0.4, -0.2) is 96.7 Å². The van der Waals surface area contributed by atoms with Crippen LogP contribution in [0.3, 0.4) is 0 Å². The third-order valence-corrected chi connectivity index (χ3v) is 21.8. The minimum atomic E-state index is -4.96. The molecule has 2 unspecified atom stereocenters. The van der Waals surface area contributed by atoms with Gasteiger partial charge in [-0.25, -0.2) is 9.13 Å². The van der Waals surface area contributed by atoms with Gasteiger partial charge in [-0.3, -0.25) is 37.3 Å². The maximum Gasteiger partial charge on any atom is 0.472 e. The number of hydrogen-bond donors (Lipinski definition) is 3. The first-order valence-electron chi connectivity index (χ1n) is 43.8. The first-order chi connectivity index (χ1) is 50.2. The van der Waals surface area contributed by atoms with Crippen LogP contribution >= 0.6 is 15.6 Å². The standard InChI is InChI=1S/C84H164O17P2/c1-5-9-13-17-21-25-29-32-35-38-40-43-45-49-53-57-61-65-69-82(87)95-75-80(101-84(89)71-67-63-59-55-51-47-44-41-39-36-33-30-26-22-18-14-10-6-2)77-99-103(92,93)97-73-78(85)72-96-102(90,91)98-76-79(74-94-81(86)68-64-60-56-52-48-28-24-20-16-12-8-4)100-83(88)70-66-62-58-54-50-46-42-37-34-31-27-23-19-15-11-7-3/h78-80,85H,5-77H2,1-4H3,(H,90,91)(H,92,93)/t78-,79+,80+/m0/s1. The zero-order valence-electron chi connectivity index (χ0n) is 67.3. The number of hydrogen-bond acceptors (Lipinski definition) is 15. The second-order valence-electron chi connectivity index (χ2n) is 30.2. The molecule has 0 radical (unpaired) electrons. The number of esters is 4. The van der Waals surface area contributed by atoms with E-state index >= 15 is 0 Å². The summed E-state index contributed by atoms with van der Waals surface area (Å²) in [5.41, 5.74) is 0. The number of carbonyl (C=O) groups excluding carboxylic acids is 4. The number of phosphoric acid groups is 2. The molecule has 0 heterocycles. The molecule has 0 saturated heterocycles. The molecule has 17 nitrogen and oxygen atoms in total. The van der Waals surface area contributed by atoms with Gasteiger partial charge in [0.2, 0.25) is 0 Å². The van der Waals surface area contributed by atoms with E-state index in [1.54, 1.807) is 0 Å². The van der Waals surface area contributed by atoms with E-state index in [9.17, 15) is 43.2 Å². The average Bonchev–Trinajstić information content (AvgIpc) is 0.913. The Bertz CT molecular complexity index is 1950. The van der Waals surface area contributed by atoms with Crippen LogP contribution in [0.2, 0.25) is 0 Å². The van der Waals surface area contributed by atoms with Crippen molar-refractivity contribution >= 4 is 39.5 Å². The number of ether oxygens (including phenoxy) is 4. The second kappa shape index (κ2) is 78.2. The van der Waals surface area contributed by atoms with E-state index in [1.165, 1.54) is 289 Å². The van der Waals surface area contributed by atoms with Crippen LogP contribution in [0.25, 0.3) is 0 Å². The summed E-state index contributed by atoms with van der Waals surface area (Å²) < 4.78 is 68.9. The van der Waals surface area contributed by atoms with E-state index in [4.69, 9.17) is 37.0 Å². The molecule has 0 spiro atoms. The highest BCUT2D eigenvalue weighted by atomic mass is 31.2. The highest BCUT2D eigenvalue weighted by molar-refractivity contribution is 7.47. The minimum absolute atomic E-state index is 0.109. The Hall–Kier alpha value is -1.94. The van der Waals surface area contributed by atoms with Gasteiger partial charge in [0, 0.05) is 25.7 Å². The summed E-state index contributed by atoms with van der Waals surface area (Å²) >= 11 is 0. The fraction of sp³-hybridized carbons (Fsp3) is 0.952. The highest BCUT2D eigenvalue weighted by Gasteiger charge is 2.30. The van der Waals surface area contributed by atoms with Crippen molar-refractivity contribution in [3.05, 3.63) is 0 Å². The monoisotopic (exact) mass is 1510 g/mol. The number of unbranched alkanes of at least 4 members (excludes halogenated alkanes) is 59. The van der Waals surface area contributed by atoms with Gasteiger partial charge in [0.15, 0.2) is 12.2 Å². The molecule has 0 aliphatic heterocycles. The second-order valence-corrected chi connectivity index (χ2v) is 33.1. The highest BCUT2D eigenvalue weighted by Crippen LogP contribution is 2.45. The van der Waals surface area contributed by atoms with Crippen molar-refractivity contribution in [3.8, 4) is 0 Å². The van der Waals surface area contributed by atoms with Crippen molar-refractivity contribution in [3.63, 3.8) is 0 Å². The molecule has 3 N–H and O–H groups in total. The lowest BCUT2D eigenvalue weighted by molar-refractivity contribution is -0.161. The molecular weight excluding hydrogens is 1340 g/mol. The van der Waals surface area contributed by atoms with Gasteiger partial charge in [0.1, 0.15) is 19.3 Å². The summed E-state index contributed by atoms with van der Waals surface area (Å²) in [4.78, 5) is 73.2. The lowest BCUT2D eigenvalue weighted by Crippen LogP contribution is -2.30. The lowest BCUT2D eigenvalue weighted by atomic mass is 10.0. The van der Waals surface area contributed by atoms with Crippen LogP contribution in [-0.2, 0) is 65.4 Å². The lowest BCUT2D eigenvalue weighted by Gasteiger charge is -2.21. The van der Waals surface area contributed by atoms with Gasteiger partial charge in [0.05, 0.1) is 26.4 Å². The molecule has 0 aromatic rings. The number of carbonyl (C=O) groups is 4. The summed E-state index contributed by atoms with van der Waals surface area (Å²) in [7, 11) is -9.92. The fourth-order valence-corrected chi connectivity index (χ4v) is 14.7. The zero-order chi connectivity index (χ0) is 75.3. The maximum atomic E-state index is 13.1. The smallest absolute Gasteiger partial charge is 0.462 e. The molecule has 612 valence electrons. The van der Waals surface area contributed by atoms with Gasteiger partial charge in [-0.15, -0.1) is 0 Å². The predicted octanol–water partition coefficient (Wildman–Crippen LogP) is 25.7. The number of aliphatic hydroxyl groups is 1. The summed E-state index contributed by atoms with van der Waals surface area (Å²) in [5.74, 6) is -2.10. The van der Waals surface area contributed by atoms with Crippen molar-refractivity contribution in [1.29, 1.82) is 0 Å². The van der Waals surface area contributed by atoms with Crippen LogP contribution < -0.4 is 0 Å². The van der Waals surface area contributed by atoms with Crippen molar-refractivity contribution in [2.24, 2.45) is 0 Å². The first kappa shape index (κ1) is 101. The van der Waals surface area contributed by atoms with E-state index in [-0.39, 0.29) is 25.7 Å². The minimum Gasteiger partial charge on any atom is -0.462 e. The van der Waals surface area contributed by atoms with Gasteiger partial charge in [-0.1, -0.05) is 407 Å². The Morgan fingerprint density at radius 1 is 0.233 bits per heavy atom. The maximum absolute atomic E-state index is 13.1. The topological polar surface area (TPSA) is 237 Å². The third kappa shape index (κ3) is 78.0. The summed E-state index contributed by atoms with van der Waals surface area (Å²) in [5, 5.41) is 10.7. The van der Waals surface area contributed by atoms with Gasteiger partial charge >= 0.3 is 39.5 Å². The van der Waals surface area contributed by atoms with Gasteiger partial charge in [0.25, 0.3) is 0 Å². The first-order valence-corrected chi connectivity index (χ1v) is 46.8. The molecule has 0 aromatic carbocycles. The van der Waals surface area contributed by atoms with E-state index in [0.717, 1.165) is 89.9 Å². The molecule has 0 fully saturated rings. The molecule has 5 atom stereocenters. The molecule has 19 heteroatoms. The van der Waals surface area contributed by atoms with Gasteiger partial charge < -0.3 is 33.8 Å². The number of aliphatic hydroxyl groups excluding tert-OH is 1. The van der Waals surface area contributed by atoms with Crippen LogP contribution in [0.5, 0.6) is 0 Å². The van der Waals surface area contributed by atoms with Crippen molar-refractivity contribution in [2.75, 3.05) is 39.6 Å². The van der Waals surface area contributed by atoms with E-state index in [2.05, 4.69) is 27.7 Å². The Balaban J connectivity index is 5.24. The Morgan fingerprint density at radius 2 is 0.388 bits per heavy atom. The van der Waals surface area contributed by atoms with E-state index in [1.807, 2.05) is 0 Å². The molecule has 0 rings (SSSR count). The van der Waals surface area contributed by atoms with Crippen molar-refractivity contribution in [2.45, 2.75) is 476 Å². The fourth-order valence-electron chi connectivity index (χ4n) is 13.2. The zero-order valence-corrected chi connectivity index (χ0v) is 69.1. The van der Waals surface area contributed by atoms with Gasteiger partial charge in [-0.05, 0) is 25.7 Å². The SMILES string of the molecule is CCCCCCCCCCCCCCCCCCCCC(=O)OC[C@H](COP(=O)(O)OC[C@@H](O)COP(=O)(O)OC[C@@H](COC(=O)CCCCCCCCCCCCC)OC(=O)CCCCCCCCCCCCCCCCCC)OC(=O)CCCCCCCCCCCCCCCCCCCC. The number of rotatable bonds is 85. The molecule has 0 saturated carbocycles. The Kier molecular flexibility index (Phi) is 76.7. The predicted molar refractivity (Wildman–Crippen MR) is 423 cm³/mol. The largest absolute Gasteiger partial charge is 0.472 e. The Labute approximate surface area is 632 Å². The van der Waals surface area contributed by atoms with Crippen LogP contribution in [0.15, 0.2) is 0 Å². The van der Waals surface area contributed by atoms with Crippen molar-refractivity contribution in [1.82, 2.24) is 0 Å². The summed E-state index contributed by atoms with van der Waals surface area (Å²) in [6, 6.07) is 0. The summed E-state index contributed by atoms with van der Waals surface area (Å²) in [6.07, 6.45) is 72.1. The average molecular weight is 1510 g/mol. The molecule has 0 bridgehead atoms. The van der Waals surface area contributed by atoms with Crippen LogP contribution in [0.1, 0.15) is 458 Å². The van der Waals surface area contributed by atoms with Crippen molar-refractivity contribution < 1.29 is 80.2 Å². The number of phosphoric ester groups is 2. The summed E-state index contributed by atoms with van der Waals surface area (Å²) in [6.45, 7) is 5.05. The molecule has 0 aromatic heterocycles. The van der Waals surface area contributed by atoms with E-state index in [0.29, 0.717) is 25.7 Å². The molecule has 0 aliphatic rings. The molecular formula is C84H164O17P2. The molecule has 103 heavy (non-hydrogen) atoms. The van der Waals surface area contributed by atoms with Gasteiger partial charge in [-0.2, -0.15) is 0 Å².